The summed E-state index contributed by atoms with van der Waals surface area (Å²) in [6, 6.07) is 3.66. The van der Waals surface area contributed by atoms with Crippen molar-refractivity contribution >= 4 is 34.9 Å². The fourth-order valence-corrected chi connectivity index (χ4v) is 3.32. The second kappa shape index (κ2) is 8.90. The lowest BCUT2D eigenvalue weighted by Gasteiger charge is -2.17. The van der Waals surface area contributed by atoms with Crippen molar-refractivity contribution in [2.45, 2.75) is 19.8 Å². The molecule has 1 saturated carbocycles. The minimum atomic E-state index is -0.817. The number of nitro groups is 1. The number of hydrogen-bond donors (Lipinski definition) is 1. The van der Waals surface area contributed by atoms with Gasteiger partial charge in [-0.1, -0.05) is 18.5 Å². The van der Waals surface area contributed by atoms with Crippen LogP contribution in [0.5, 0.6) is 0 Å². The van der Waals surface area contributed by atoms with E-state index in [0.717, 1.165) is 6.07 Å². The van der Waals surface area contributed by atoms with Crippen LogP contribution in [-0.2, 0) is 19.1 Å². The van der Waals surface area contributed by atoms with E-state index in [1.807, 2.05) is 0 Å². The van der Waals surface area contributed by atoms with Crippen LogP contribution in [0.25, 0.3) is 0 Å². The van der Waals surface area contributed by atoms with Gasteiger partial charge >= 0.3 is 5.97 Å². The highest BCUT2D eigenvalue weighted by Crippen LogP contribution is 2.36. The van der Waals surface area contributed by atoms with Gasteiger partial charge < -0.3 is 10.1 Å². The molecule has 1 N–H and O–H groups in total. The normalized spacial score (nSPS) is 21.7. The lowest BCUT2D eigenvalue weighted by Crippen LogP contribution is -2.28. The van der Waals surface area contributed by atoms with E-state index in [4.69, 9.17) is 16.3 Å². The minimum absolute atomic E-state index is 0.119. The summed E-state index contributed by atoms with van der Waals surface area (Å²) in [4.78, 5) is 46.0. The molecule has 146 valence electrons. The van der Waals surface area contributed by atoms with Crippen LogP contribution in [0.15, 0.2) is 18.2 Å². The predicted octanol–water partition coefficient (Wildman–Crippen LogP) is 2.47. The number of nitrogens with one attached hydrogen (secondary N) is 1. The van der Waals surface area contributed by atoms with Crippen molar-refractivity contribution in [1.29, 1.82) is 0 Å². The van der Waals surface area contributed by atoms with Gasteiger partial charge in [0, 0.05) is 28.2 Å². The van der Waals surface area contributed by atoms with Crippen molar-refractivity contribution in [1.82, 2.24) is 0 Å². The zero-order chi connectivity index (χ0) is 20.1. The number of esters is 1. The monoisotopic (exact) mass is 400 g/mol. The number of anilines is 1. The number of Topliss-reactive ketones (excluding diaryl/α,β-unsaturated/α-hetero) is 1. The van der Waals surface area contributed by atoms with Gasteiger partial charge in [0.05, 0.1) is 12.1 Å². The number of nitrogens with zero attached hydrogens (tertiary/aromatic N) is 1. The van der Waals surface area contributed by atoms with E-state index in [1.165, 1.54) is 12.1 Å². The Kier molecular flexibility index (Phi) is 6.84. The van der Waals surface area contributed by atoms with Crippen LogP contribution in [0.3, 0.4) is 0 Å². The molecule has 0 bridgehead atoms. The molecule has 0 unspecified atom stereocenters. The molecule has 0 radical (unpaired) electrons. The van der Waals surface area contributed by atoms with Crippen LogP contribution in [0.4, 0.5) is 10.1 Å². The second-order valence-corrected chi connectivity index (χ2v) is 6.91. The average molecular weight is 401 g/mol. The molecule has 1 aliphatic rings. The summed E-state index contributed by atoms with van der Waals surface area (Å²) in [7, 11) is 0. The van der Waals surface area contributed by atoms with Gasteiger partial charge in [0.15, 0.2) is 6.61 Å². The highest BCUT2D eigenvalue weighted by atomic mass is 35.5. The van der Waals surface area contributed by atoms with Gasteiger partial charge in [-0.3, -0.25) is 24.5 Å². The highest BCUT2D eigenvalue weighted by Gasteiger charge is 2.44. The Hall–Kier alpha value is -2.55. The molecule has 1 aromatic carbocycles. The summed E-state index contributed by atoms with van der Waals surface area (Å²) in [6.45, 7) is 0.657. The van der Waals surface area contributed by atoms with Crippen molar-refractivity contribution in [3.05, 3.63) is 39.2 Å². The van der Waals surface area contributed by atoms with Crippen LogP contribution in [-0.4, -0.2) is 35.7 Å². The van der Waals surface area contributed by atoms with Gasteiger partial charge in [0.1, 0.15) is 11.6 Å². The van der Waals surface area contributed by atoms with Crippen LogP contribution in [0.2, 0.25) is 5.02 Å². The van der Waals surface area contributed by atoms with Crippen molar-refractivity contribution < 1.29 is 28.4 Å². The summed E-state index contributed by atoms with van der Waals surface area (Å²) in [5.41, 5.74) is -0.119. The molecule has 2 rings (SSSR count). The first-order valence-corrected chi connectivity index (χ1v) is 8.60. The summed E-state index contributed by atoms with van der Waals surface area (Å²) < 4.78 is 18.4. The number of carbonyl (C=O) groups is 3. The summed E-state index contributed by atoms with van der Waals surface area (Å²) in [5.74, 6) is -4.09. The predicted molar refractivity (Wildman–Crippen MR) is 93.2 cm³/mol. The van der Waals surface area contributed by atoms with E-state index in [1.54, 1.807) is 6.92 Å². The Morgan fingerprint density at radius 2 is 2.15 bits per heavy atom. The maximum Gasteiger partial charge on any atom is 0.307 e. The zero-order valence-corrected chi connectivity index (χ0v) is 15.2. The Morgan fingerprint density at radius 3 is 2.78 bits per heavy atom. The molecule has 0 aliphatic heterocycles. The number of halogens is 2. The van der Waals surface area contributed by atoms with E-state index >= 15 is 0 Å². The van der Waals surface area contributed by atoms with E-state index in [-0.39, 0.29) is 35.3 Å². The van der Waals surface area contributed by atoms with E-state index < -0.39 is 47.6 Å². The molecule has 1 aromatic rings. The molecule has 10 heteroatoms. The third-order valence-electron chi connectivity index (χ3n) is 4.50. The highest BCUT2D eigenvalue weighted by molar-refractivity contribution is 6.30. The molecule has 27 heavy (non-hydrogen) atoms. The molecular weight excluding hydrogens is 383 g/mol. The molecule has 1 aliphatic carbocycles. The number of amides is 1. The number of hydrogen-bond acceptors (Lipinski definition) is 6. The van der Waals surface area contributed by atoms with Gasteiger partial charge in [-0.15, -0.1) is 0 Å². The Balaban J connectivity index is 1.86. The first-order chi connectivity index (χ1) is 12.7. The number of ether oxygens (including phenoxy) is 1. The van der Waals surface area contributed by atoms with Crippen molar-refractivity contribution in [3.63, 3.8) is 0 Å². The lowest BCUT2D eigenvalue weighted by atomic mass is 9.88. The second-order valence-electron chi connectivity index (χ2n) is 6.47. The standard InChI is InChI=1S/C17H18ClFN2O6/c1-9-4-15(22)11(12(9)7-21(25)26)6-17(24)27-8-16(23)20-14-3-2-10(18)5-13(14)19/h2-3,5,9,11-12H,4,6-8H2,1H3,(H,20,23)/t9-,11+,12-/m1/s1. The fraction of sp³-hybridized carbons (Fsp3) is 0.471. The number of ketones is 1. The van der Waals surface area contributed by atoms with Crippen LogP contribution in [0.1, 0.15) is 19.8 Å². The Morgan fingerprint density at radius 1 is 1.44 bits per heavy atom. The first-order valence-electron chi connectivity index (χ1n) is 8.22. The number of benzene rings is 1. The largest absolute Gasteiger partial charge is 0.456 e. The van der Waals surface area contributed by atoms with E-state index in [2.05, 4.69) is 5.32 Å². The molecule has 1 amide bonds. The van der Waals surface area contributed by atoms with Crippen LogP contribution < -0.4 is 5.32 Å². The Labute approximate surface area is 159 Å². The van der Waals surface area contributed by atoms with E-state index in [0.29, 0.717) is 0 Å². The molecule has 3 atom stereocenters. The smallest absolute Gasteiger partial charge is 0.307 e. The average Bonchev–Trinajstić information content (AvgIpc) is 2.82. The zero-order valence-electron chi connectivity index (χ0n) is 14.4. The number of rotatable bonds is 7. The topological polar surface area (TPSA) is 116 Å². The quantitative estimate of drug-likeness (QED) is 0.427. The fourth-order valence-electron chi connectivity index (χ4n) is 3.16. The Bertz CT molecular complexity index is 772. The van der Waals surface area contributed by atoms with Gasteiger partial charge in [0.25, 0.3) is 5.91 Å². The summed E-state index contributed by atoms with van der Waals surface area (Å²) in [6.07, 6.45) is -0.156. The maximum absolute atomic E-state index is 13.6. The van der Waals surface area contributed by atoms with Crippen molar-refractivity contribution in [2.24, 2.45) is 17.8 Å². The summed E-state index contributed by atoms with van der Waals surface area (Å²) in [5, 5.41) is 13.2. The van der Waals surface area contributed by atoms with Crippen LogP contribution in [0, 0.1) is 33.7 Å². The van der Waals surface area contributed by atoms with Crippen LogP contribution >= 0.6 is 11.6 Å². The van der Waals surface area contributed by atoms with E-state index in [9.17, 15) is 28.9 Å². The third-order valence-corrected chi connectivity index (χ3v) is 4.74. The maximum atomic E-state index is 13.6. The first kappa shape index (κ1) is 20.8. The van der Waals surface area contributed by atoms with Gasteiger partial charge in [-0.2, -0.15) is 0 Å². The molecular formula is C17H18ClFN2O6. The third kappa shape index (κ3) is 5.72. The summed E-state index contributed by atoms with van der Waals surface area (Å²) >= 11 is 5.61. The number of carbonyl (C=O) groups excluding carboxylic acids is 3. The molecule has 0 saturated heterocycles. The van der Waals surface area contributed by atoms with Gasteiger partial charge in [0.2, 0.25) is 6.54 Å². The minimum Gasteiger partial charge on any atom is -0.456 e. The SMILES string of the molecule is C[C@@H]1CC(=O)[C@@H](CC(=O)OCC(=O)Nc2ccc(Cl)cc2F)[C@@H]1C[N+](=O)[O-]. The van der Waals surface area contributed by atoms with Crippen molar-refractivity contribution in [3.8, 4) is 0 Å². The molecule has 1 fully saturated rings. The van der Waals surface area contributed by atoms with Gasteiger partial charge in [-0.25, -0.2) is 4.39 Å². The van der Waals surface area contributed by atoms with Crippen molar-refractivity contribution in [2.75, 3.05) is 18.5 Å². The molecule has 8 nitrogen and oxygen atoms in total. The molecule has 0 aromatic heterocycles. The lowest BCUT2D eigenvalue weighted by molar-refractivity contribution is -0.490. The van der Waals surface area contributed by atoms with Gasteiger partial charge in [-0.05, 0) is 24.1 Å². The molecule has 0 heterocycles. The molecule has 0 spiro atoms.